The summed E-state index contributed by atoms with van der Waals surface area (Å²) < 4.78 is 3.68. The molecule has 1 fully saturated rings. The third kappa shape index (κ3) is 3.69. The molecule has 0 radical (unpaired) electrons. The van der Waals surface area contributed by atoms with E-state index in [9.17, 15) is 0 Å². The summed E-state index contributed by atoms with van der Waals surface area (Å²) >= 11 is 0. The van der Waals surface area contributed by atoms with Crippen molar-refractivity contribution in [1.82, 2.24) is 34.1 Å². The van der Waals surface area contributed by atoms with Crippen LogP contribution in [0.1, 0.15) is 24.3 Å². The number of rotatable bonds is 6. The molecule has 0 unspecified atom stereocenters. The summed E-state index contributed by atoms with van der Waals surface area (Å²) in [5, 5.41) is 10.8. The summed E-state index contributed by atoms with van der Waals surface area (Å²) in [5.41, 5.74) is 10.8. The minimum atomic E-state index is 0.363. The summed E-state index contributed by atoms with van der Waals surface area (Å²) in [6.07, 6.45) is 11.2. The maximum atomic E-state index is 6.07. The molecule has 5 aromatic rings. The van der Waals surface area contributed by atoms with Gasteiger partial charge in [0.05, 0.1) is 5.69 Å². The van der Waals surface area contributed by atoms with E-state index in [2.05, 4.69) is 47.8 Å². The number of hydrogen-bond acceptors (Lipinski definition) is 8. The molecule has 6 rings (SSSR count). The number of anilines is 5. The molecule has 1 saturated carbocycles. The average Bonchev–Trinajstić information content (AvgIpc) is 3.28. The van der Waals surface area contributed by atoms with Crippen LogP contribution in [0.2, 0.25) is 0 Å². The maximum absolute atomic E-state index is 6.07. The van der Waals surface area contributed by atoms with E-state index in [0.717, 1.165) is 22.7 Å². The van der Waals surface area contributed by atoms with Gasteiger partial charge in [0.2, 0.25) is 5.95 Å². The first-order valence-electron chi connectivity index (χ1n) is 10.3. The van der Waals surface area contributed by atoms with Gasteiger partial charge in [-0.3, -0.25) is 0 Å². The zero-order valence-corrected chi connectivity index (χ0v) is 17.1. The molecule has 0 spiro atoms. The molecule has 0 atom stereocenters. The molecule has 1 aliphatic carbocycles. The predicted octanol–water partition coefficient (Wildman–Crippen LogP) is 3.65. The molecule has 4 heterocycles. The van der Waals surface area contributed by atoms with Gasteiger partial charge in [-0.05, 0) is 48.6 Å². The molecule has 0 saturated heterocycles. The first-order valence-corrected chi connectivity index (χ1v) is 10.3. The minimum absolute atomic E-state index is 0.363. The van der Waals surface area contributed by atoms with Crippen LogP contribution < -0.4 is 16.4 Å². The number of nitrogens with one attached hydrogen (secondary N) is 2. The molecular weight excluding hydrogens is 404 g/mol. The standard InChI is InChI=1S/C22H20N10/c23-19-11-20(27-16-3-5-31-6-4-25-21(31)10-16)30-22(29-19)28-17-7-15(14-1-2-14)8-18(9-17)32-13-24-12-26-32/h3-14H,1-2H2,(H4,23,27,28,29,30). The number of pyridine rings is 1. The summed E-state index contributed by atoms with van der Waals surface area (Å²) in [5.74, 6) is 1.94. The molecule has 1 aliphatic rings. The molecule has 4 aromatic heterocycles. The van der Waals surface area contributed by atoms with Crippen LogP contribution in [0.3, 0.4) is 0 Å². The Balaban J connectivity index is 1.30. The van der Waals surface area contributed by atoms with Gasteiger partial charge in [0.1, 0.15) is 29.9 Å². The summed E-state index contributed by atoms with van der Waals surface area (Å²) in [6, 6.07) is 11.9. The van der Waals surface area contributed by atoms with Crippen LogP contribution in [0.25, 0.3) is 11.3 Å². The Hall–Kier alpha value is -4.47. The van der Waals surface area contributed by atoms with Crippen molar-refractivity contribution in [2.45, 2.75) is 18.8 Å². The number of nitrogens with two attached hydrogens (primary N) is 1. The van der Waals surface area contributed by atoms with Crippen molar-refractivity contribution in [2.75, 3.05) is 16.4 Å². The van der Waals surface area contributed by atoms with Gasteiger partial charge in [0.15, 0.2) is 0 Å². The molecule has 0 amide bonds. The number of fused-ring (bicyclic) bond motifs is 1. The minimum Gasteiger partial charge on any atom is -0.383 e. The highest BCUT2D eigenvalue weighted by atomic mass is 15.3. The second-order valence-corrected chi connectivity index (χ2v) is 7.79. The largest absolute Gasteiger partial charge is 0.383 e. The molecule has 158 valence electrons. The number of hydrogen-bond donors (Lipinski definition) is 3. The molecule has 0 bridgehead atoms. The molecule has 4 N–H and O–H groups in total. The van der Waals surface area contributed by atoms with E-state index in [1.165, 1.54) is 24.7 Å². The second kappa shape index (κ2) is 7.34. The second-order valence-electron chi connectivity index (χ2n) is 7.79. The Morgan fingerprint density at radius 2 is 1.91 bits per heavy atom. The molecular formula is C22H20N10. The Bertz CT molecular complexity index is 1400. The quantitative estimate of drug-likeness (QED) is 0.377. The zero-order chi connectivity index (χ0) is 21.5. The predicted molar refractivity (Wildman–Crippen MR) is 122 cm³/mol. The smallest absolute Gasteiger partial charge is 0.231 e. The zero-order valence-electron chi connectivity index (χ0n) is 17.1. The van der Waals surface area contributed by atoms with Crippen LogP contribution in [0.15, 0.2) is 67.6 Å². The number of benzene rings is 1. The van der Waals surface area contributed by atoms with Crippen LogP contribution in [0, 0.1) is 0 Å². The maximum Gasteiger partial charge on any atom is 0.231 e. The Labute approximate surface area is 183 Å². The molecule has 10 nitrogen and oxygen atoms in total. The molecule has 1 aromatic carbocycles. The lowest BCUT2D eigenvalue weighted by Crippen LogP contribution is -2.05. The van der Waals surface area contributed by atoms with Crippen LogP contribution in [-0.4, -0.2) is 34.1 Å². The highest BCUT2D eigenvalue weighted by Crippen LogP contribution is 2.41. The van der Waals surface area contributed by atoms with Crippen molar-refractivity contribution in [2.24, 2.45) is 0 Å². The lowest BCUT2D eigenvalue weighted by Gasteiger charge is -2.12. The molecule has 10 heteroatoms. The highest BCUT2D eigenvalue weighted by molar-refractivity contribution is 5.66. The van der Waals surface area contributed by atoms with Crippen LogP contribution in [0.5, 0.6) is 0 Å². The van der Waals surface area contributed by atoms with E-state index >= 15 is 0 Å². The molecule has 32 heavy (non-hydrogen) atoms. The third-order valence-electron chi connectivity index (χ3n) is 5.34. The normalized spacial score (nSPS) is 13.4. The van der Waals surface area contributed by atoms with Crippen LogP contribution >= 0.6 is 0 Å². The number of nitrogen functional groups attached to an aromatic ring is 1. The fourth-order valence-electron chi connectivity index (χ4n) is 3.68. The SMILES string of the molecule is Nc1cc(Nc2ccn3ccnc3c2)nc(Nc2cc(C3CC3)cc(-n3cncn3)c2)n1. The van der Waals surface area contributed by atoms with Crippen LogP contribution in [0.4, 0.5) is 29.0 Å². The first-order chi connectivity index (χ1) is 15.7. The summed E-state index contributed by atoms with van der Waals surface area (Å²) in [7, 11) is 0. The lowest BCUT2D eigenvalue weighted by atomic mass is 10.1. The van der Waals surface area contributed by atoms with E-state index in [1.807, 2.05) is 35.0 Å². The fraction of sp³-hybridized carbons (Fsp3) is 0.136. The average molecular weight is 424 g/mol. The third-order valence-corrected chi connectivity index (χ3v) is 5.34. The van der Waals surface area contributed by atoms with Gasteiger partial charge in [-0.1, -0.05) is 0 Å². The Morgan fingerprint density at radius 3 is 2.75 bits per heavy atom. The number of aromatic nitrogens is 7. The van der Waals surface area contributed by atoms with Crippen LogP contribution in [-0.2, 0) is 0 Å². The van der Waals surface area contributed by atoms with Crippen molar-refractivity contribution in [3.8, 4) is 5.69 Å². The fourth-order valence-corrected chi connectivity index (χ4v) is 3.68. The van der Waals surface area contributed by atoms with E-state index in [4.69, 9.17) is 5.73 Å². The van der Waals surface area contributed by atoms with E-state index in [1.54, 1.807) is 23.3 Å². The van der Waals surface area contributed by atoms with Gasteiger partial charge in [-0.15, -0.1) is 0 Å². The number of nitrogens with zero attached hydrogens (tertiary/aromatic N) is 7. The van der Waals surface area contributed by atoms with E-state index < -0.39 is 0 Å². The van der Waals surface area contributed by atoms with Gasteiger partial charge < -0.3 is 20.8 Å². The summed E-state index contributed by atoms with van der Waals surface area (Å²) in [6.45, 7) is 0. The highest BCUT2D eigenvalue weighted by Gasteiger charge is 2.24. The van der Waals surface area contributed by atoms with Crippen molar-refractivity contribution < 1.29 is 0 Å². The molecule has 0 aliphatic heterocycles. The van der Waals surface area contributed by atoms with Gasteiger partial charge in [0.25, 0.3) is 0 Å². The lowest BCUT2D eigenvalue weighted by molar-refractivity contribution is 0.875. The van der Waals surface area contributed by atoms with Crippen molar-refractivity contribution in [3.05, 3.63) is 73.2 Å². The Kier molecular flexibility index (Phi) is 4.20. The van der Waals surface area contributed by atoms with Gasteiger partial charge in [-0.25, -0.2) is 14.6 Å². The Morgan fingerprint density at radius 1 is 0.969 bits per heavy atom. The van der Waals surface area contributed by atoms with Gasteiger partial charge in [0, 0.05) is 42.1 Å². The van der Waals surface area contributed by atoms with Crippen molar-refractivity contribution >= 4 is 34.6 Å². The van der Waals surface area contributed by atoms with Crippen molar-refractivity contribution in [1.29, 1.82) is 0 Å². The first kappa shape index (κ1) is 18.3. The van der Waals surface area contributed by atoms with E-state index in [0.29, 0.717) is 23.5 Å². The van der Waals surface area contributed by atoms with Crippen molar-refractivity contribution in [3.63, 3.8) is 0 Å². The number of imidazole rings is 1. The van der Waals surface area contributed by atoms with Gasteiger partial charge >= 0.3 is 0 Å². The van der Waals surface area contributed by atoms with Gasteiger partial charge in [-0.2, -0.15) is 15.1 Å². The topological polar surface area (TPSA) is 124 Å². The summed E-state index contributed by atoms with van der Waals surface area (Å²) in [4.78, 5) is 17.3. The van der Waals surface area contributed by atoms with E-state index in [-0.39, 0.29) is 0 Å². The monoisotopic (exact) mass is 424 g/mol.